The summed E-state index contributed by atoms with van der Waals surface area (Å²) < 4.78 is 91.4. The molecule has 2 aromatic heterocycles. The quantitative estimate of drug-likeness (QED) is 0.554. The summed E-state index contributed by atoms with van der Waals surface area (Å²) in [6, 6.07) is 6.14. The Labute approximate surface area is 164 Å². The molecule has 0 saturated carbocycles. The topological polar surface area (TPSA) is 54.9 Å². The summed E-state index contributed by atoms with van der Waals surface area (Å²) in [5.41, 5.74) is -3.55. The zero-order chi connectivity index (χ0) is 22.1. The molecule has 156 valence electrons. The van der Waals surface area contributed by atoms with E-state index in [1.807, 2.05) is 0 Å². The van der Waals surface area contributed by atoms with Crippen molar-refractivity contribution in [3.8, 4) is 11.3 Å². The number of carbonyl (C=O) groups excluding carboxylic acids is 1. The second kappa shape index (κ2) is 7.73. The van der Waals surface area contributed by atoms with E-state index in [-0.39, 0.29) is 11.4 Å². The Morgan fingerprint density at radius 3 is 2.20 bits per heavy atom. The molecule has 0 unspecified atom stereocenters. The fourth-order valence-corrected chi connectivity index (χ4v) is 2.52. The van der Waals surface area contributed by atoms with E-state index in [1.54, 1.807) is 0 Å². The summed E-state index contributed by atoms with van der Waals surface area (Å²) in [6.07, 6.45) is -7.78. The van der Waals surface area contributed by atoms with Gasteiger partial charge in [-0.05, 0) is 42.5 Å². The molecule has 0 fully saturated rings. The molecule has 0 aliphatic rings. The minimum absolute atomic E-state index is 0.221. The Morgan fingerprint density at radius 1 is 0.900 bits per heavy atom. The van der Waals surface area contributed by atoms with Crippen LogP contribution in [-0.4, -0.2) is 15.9 Å². The summed E-state index contributed by atoms with van der Waals surface area (Å²) in [5.74, 6) is -2.27. The van der Waals surface area contributed by atoms with E-state index in [2.05, 4.69) is 15.3 Å². The zero-order valence-corrected chi connectivity index (χ0v) is 14.6. The molecule has 0 radical (unpaired) electrons. The molecule has 0 spiro atoms. The highest BCUT2D eigenvalue weighted by molar-refractivity contribution is 6.04. The molecule has 1 N–H and O–H groups in total. The first-order chi connectivity index (χ1) is 14.0. The number of anilines is 1. The molecule has 4 nitrogen and oxygen atoms in total. The molecule has 0 atom stereocenters. The number of halogens is 7. The molecular weight excluding hydrogens is 419 g/mol. The van der Waals surface area contributed by atoms with Gasteiger partial charge in [0, 0.05) is 23.5 Å². The van der Waals surface area contributed by atoms with Crippen molar-refractivity contribution in [3.05, 3.63) is 77.4 Å². The van der Waals surface area contributed by atoms with Crippen molar-refractivity contribution in [3.63, 3.8) is 0 Å². The number of nitrogens with zero attached hydrogens (tertiary/aromatic N) is 2. The molecule has 3 aromatic rings. The minimum atomic E-state index is -4.76. The van der Waals surface area contributed by atoms with E-state index in [0.717, 1.165) is 36.5 Å². The van der Waals surface area contributed by atoms with Gasteiger partial charge < -0.3 is 5.32 Å². The normalized spacial score (nSPS) is 12.0. The Hall–Kier alpha value is -3.50. The molecule has 3 rings (SSSR count). The number of benzene rings is 1. The molecule has 0 aliphatic heterocycles. The lowest BCUT2D eigenvalue weighted by Gasteiger charge is -2.13. The molecule has 2 heterocycles. The lowest BCUT2D eigenvalue weighted by molar-refractivity contribution is -0.138. The minimum Gasteiger partial charge on any atom is -0.307 e. The maximum absolute atomic E-state index is 14.5. The van der Waals surface area contributed by atoms with Crippen LogP contribution in [0.5, 0.6) is 0 Å². The fraction of sp³-hybridized carbons (Fsp3) is 0.105. The van der Waals surface area contributed by atoms with Crippen LogP contribution >= 0.6 is 0 Å². The molecule has 0 aliphatic carbocycles. The van der Waals surface area contributed by atoms with Crippen LogP contribution in [0.1, 0.15) is 21.5 Å². The van der Waals surface area contributed by atoms with Gasteiger partial charge in [0.2, 0.25) is 0 Å². The van der Waals surface area contributed by atoms with Gasteiger partial charge in [-0.15, -0.1) is 0 Å². The molecule has 30 heavy (non-hydrogen) atoms. The van der Waals surface area contributed by atoms with Crippen molar-refractivity contribution in [1.82, 2.24) is 9.97 Å². The SMILES string of the molecule is O=C(Nc1ccc(C(F)(F)F)cn1)c1ccc(-c2ncccc2C(F)(F)F)c(F)c1. The summed E-state index contributed by atoms with van der Waals surface area (Å²) in [5, 5.41) is 2.18. The fourth-order valence-electron chi connectivity index (χ4n) is 2.52. The predicted octanol–water partition coefficient (Wildman–Crippen LogP) is 5.57. The van der Waals surface area contributed by atoms with Crippen molar-refractivity contribution >= 4 is 11.7 Å². The number of amides is 1. The second-order valence-corrected chi connectivity index (χ2v) is 5.98. The molecule has 0 bridgehead atoms. The van der Waals surface area contributed by atoms with E-state index >= 15 is 0 Å². The first-order valence-electron chi connectivity index (χ1n) is 8.13. The average molecular weight is 429 g/mol. The number of hydrogen-bond acceptors (Lipinski definition) is 3. The number of rotatable bonds is 3. The van der Waals surface area contributed by atoms with E-state index in [0.29, 0.717) is 18.3 Å². The van der Waals surface area contributed by atoms with Crippen molar-refractivity contribution in [2.45, 2.75) is 12.4 Å². The Bertz CT molecular complexity index is 1080. The van der Waals surface area contributed by atoms with Gasteiger partial charge in [-0.25, -0.2) is 9.37 Å². The summed E-state index contributed by atoms with van der Waals surface area (Å²) >= 11 is 0. The van der Waals surface area contributed by atoms with Crippen LogP contribution in [0.15, 0.2) is 54.9 Å². The average Bonchev–Trinajstić information content (AvgIpc) is 2.67. The number of carbonyl (C=O) groups is 1. The van der Waals surface area contributed by atoms with Crippen LogP contribution in [0.25, 0.3) is 11.3 Å². The van der Waals surface area contributed by atoms with Crippen LogP contribution in [-0.2, 0) is 12.4 Å². The maximum Gasteiger partial charge on any atom is 0.418 e. The summed E-state index contributed by atoms with van der Waals surface area (Å²) in [4.78, 5) is 19.2. The first kappa shape index (κ1) is 21.2. The lowest BCUT2D eigenvalue weighted by Crippen LogP contribution is -2.14. The van der Waals surface area contributed by atoms with Crippen molar-refractivity contribution in [1.29, 1.82) is 0 Å². The number of pyridine rings is 2. The van der Waals surface area contributed by atoms with Crippen LogP contribution in [0.2, 0.25) is 0 Å². The lowest BCUT2D eigenvalue weighted by atomic mass is 10.0. The van der Waals surface area contributed by atoms with Crippen LogP contribution in [0, 0.1) is 5.82 Å². The highest BCUT2D eigenvalue weighted by Gasteiger charge is 2.35. The van der Waals surface area contributed by atoms with Gasteiger partial charge in [0.1, 0.15) is 11.6 Å². The largest absolute Gasteiger partial charge is 0.418 e. The van der Waals surface area contributed by atoms with Crippen molar-refractivity contribution in [2.75, 3.05) is 5.32 Å². The Morgan fingerprint density at radius 2 is 1.63 bits per heavy atom. The van der Waals surface area contributed by atoms with Crippen LogP contribution < -0.4 is 5.32 Å². The van der Waals surface area contributed by atoms with E-state index < -0.39 is 46.5 Å². The van der Waals surface area contributed by atoms with E-state index in [9.17, 15) is 35.5 Å². The van der Waals surface area contributed by atoms with E-state index in [1.165, 1.54) is 0 Å². The van der Waals surface area contributed by atoms with Gasteiger partial charge in [-0.1, -0.05) is 0 Å². The maximum atomic E-state index is 14.5. The number of hydrogen-bond donors (Lipinski definition) is 1. The molecule has 1 aromatic carbocycles. The van der Waals surface area contributed by atoms with Crippen LogP contribution in [0.3, 0.4) is 0 Å². The van der Waals surface area contributed by atoms with Gasteiger partial charge in [0.25, 0.3) is 5.91 Å². The van der Waals surface area contributed by atoms with Crippen molar-refractivity contribution < 1.29 is 35.5 Å². The highest BCUT2D eigenvalue weighted by Crippen LogP contribution is 2.36. The van der Waals surface area contributed by atoms with Gasteiger partial charge in [-0.2, -0.15) is 26.3 Å². The predicted molar refractivity (Wildman–Crippen MR) is 91.8 cm³/mol. The van der Waals surface area contributed by atoms with Gasteiger partial charge in [-0.3, -0.25) is 9.78 Å². The first-order valence-corrected chi connectivity index (χ1v) is 8.13. The molecule has 11 heteroatoms. The van der Waals surface area contributed by atoms with Crippen LogP contribution in [0.4, 0.5) is 36.6 Å². The van der Waals surface area contributed by atoms with Gasteiger partial charge in [0.15, 0.2) is 0 Å². The number of nitrogens with one attached hydrogen (secondary N) is 1. The highest BCUT2D eigenvalue weighted by atomic mass is 19.4. The molecular formula is C19H10F7N3O. The third-order valence-corrected chi connectivity index (χ3v) is 3.93. The van der Waals surface area contributed by atoms with Crippen molar-refractivity contribution in [2.24, 2.45) is 0 Å². The summed E-state index contributed by atoms with van der Waals surface area (Å²) in [7, 11) is 0. The smallest absolute Gasteiger partial charge is 0.307 e. The monoisotopic (exact) mass is 429 g/mol. The van der Waals surface area contributed by atoms with E-state index in [4.69, 9.17) is 0 Å². The third kappa shape index (κ3) is 4.56. The molecule has 1 amide bonds. The molecule has 0 saturated heterocycles. The standard InChI is InChI=1S/C19H10F7N3O/c20-14-8-10(17(30)29-15-6-4-11(9-28-15)18(21,22)23)3-5-12(14)16-13(19(24,25)26)2-1-7-27-16/h1-9H,(H,28,29,30). The number of aromatic nitrogens is 2. The van der Waals surface area contributed by atoms with Gasteiger partial charge in [0.05, 0.1) is 16.8 Å². The third-order valence-electron chi connectivity index (χ3n) is 3.93. The second-order valence-electron chi connectivity index (χ2n) is 5.98. The zero-order valence-electron chi connectivity index (χ0n) is 14.6. The number of alkyl halides is 6. The Balaban J connectivity index is 1.85. The summed E-state index contributed by atoms with van der Waals surface area (Å²) in [6.45, 7) is 0. The Kier molecular flexibility index (Phi) is 5.47. The van der Waals surface area contributed by atoms with Gasteiger partial charge >= 0.3 is 12.4 Å².